The minimum Gasteiger partial charge on any atom is -0.462 e. The number of esters is 1. The lowest BCUT2D eigenvalue weighted by molar-refractivity contribution is -0.114. The van der Waals surface area contributed by atoms with Crippen LogP contribution in [0.5, 0.6) is 0 Å². The highest BCUT2D eigenvalue weighted by atomic mass is 32.2. The molecule has 0 bridgehead atoms. The summed E-state index contributed by atoms with van der Waals surface area (Å²) in [4.78, 5) is 26.8. The molecule has 0 atom stereocenters. The van der Waals surface area contributed by atoms with Crippen LogP contribution in [-0.2, 0) is 47.2 Å². The molecule has 0 unspecified atom stereocenters. The van der Waals surface area contributed by atoms with Gasteiger partial charge in [0.25, 0.3) is 0 Å². The van der Waals surface area contributed by atoms with Gasteiger partial charge in [-0.25, -0.2) is 21.6 Å². The van der Waals surface area contributed by atoms with Crippen molar-refractivity contribution in [2.75, 3.05) is 55.3 Å². The van der Waals surface area contributed by atoms with Crippen molar-refractivity contribution in [2.24, 2.45) is 0 Å². The molecule has 1 amide bonds. The van der Waals surface area contributed by atoms with Gasteiger partial charge < -0.3 is 14.8 Å². The number of hydrogen-bond acceptors (Lipinski definition) is 9. The summed E-state index contributed by atoms with van der Waals surface area (Å²) in [5.41, 5.74) is 1.36. The molecular formula is C24H31N3O8S3. The monoisotopic (exact) mass is 585 g/mol. The van der Waals surface area contributed by atoms with Crippen LogP contribution in [-0.4, -0.2) is 78.7 Å². The number of benzene rings is 1. The average molecular weight is 586 g/mol. The second kappa shape index (κ2) is 11.7. The summed E-state index contributed by atoms with van der Waals surface area (Å²) in [6.07, 6.45) is 4.40. The number of sulfonamides is 2. The van der Waals surface area contributed by atoms with Crippen LogP contribution in [0.15, 0.2) is 29.2 Å². The number of hydrogen-bond donors (Lipinski definition) is 1. The number of carbonyl (C=O) groups excluding carboxylic acids is 2. The van der Waals surface area contributed by atoms with E-state index in [1.54, 1.807) is 6.92 Å². The molecule has 14 heteroatoms. The Labute approximate surface area is 226 Å². The van der Waals surface area contributed by atoms with E-state index < -0.39 is 38.5 Å². The van der Waals surface area contributed by atoms with Gasteiger partial charge in [0, 0.05) is 18.0 Å². The average Bonchev–Trinajstić information content (AvgIpc) is 3.25. The lowest BCUT2D eigenvalue weighted by Crippen LogP contribution is -2.40. The molecule has 1 saturated heterocycles. The molecule has 208 valence electrons. The fourth-order valence-corrected chi connectivity index (χ4v) is 8.05. The molecule has 1 aliphatic heterocycles. The molecule has 2 aliphatic rings. The summed E-state index contributed by atoms with van der Waals surface area (Å²) >= 11 is 1.31. The van der Waals surface area contributed by atoms with Crippen LogP contribution in [0.2, 0.25) is 0 Å². The van der Waals surface area contributed by atoms with E-state index in [1.807, 2.05) is 0 Å². The van der Waals surface area contributed by atoms with Gasteiger partial charge in [-0.05, 0) is 62.4 Å². The molecule has 4 rings (SSSR count). The summed E-state index contributed by atoms with van der Waals surface area (Å²) in [5, 5.41) is 3.06. The lowest BCUT2D eigenvalue weighted by Gasteiger charge is -2.26. The summed E-state index contributed by atoms with van der Waals surface area (Å²) in [7, 11) is -7.66. The summed E-state index contributed by atoms with van der Waals surface area (Å²) in [5.74, 6) is -1.15. The maximum Gasteiger partial charge on any atom is 0.341 e. The number of nitrogens with one attached hydrogen (secondary N) is 1. The Balaban J connectivity index is 1.55. The van der Waals surface area contributed by atoms with Crippen molar-refractivity contribution in [3.63, 3.8) is 0 Å². The van der Waals surface area contributed by atoms with Gasteiger partial charge in [0.05, 0.1) is 42.2 Å². The van der Waals surface area contributed by atoms with Gasteiger partial charge in [-0.1, -0.05) is 0 Å². The Morgan fingerprint density at radius 1 is 1.08 bits per heavy atom. The predicted octanol–water partition coefficient (Wildman–Crippen LogP) is 2.23. The molecule has 2 heterocycles. The van der Waals surface area contributed by atoms with E-state index in [0.717, 1.165) is 40.3 Å². The molecule has 0 radical (unpaired) electrons. The number of aryl methyl sites for hydroxylation is 1. The SMILES string of the molecule is CCOC(=O)c1c(NC(=O)CN(c2ccc(S(=O)(=O)N3CCOCC3)cc2)S(C)(=O)=O)sc2c1CCCC2. The highest BCUT2D eigenvalue weighted by Gasteiger charge is 2.30. The van der Waals surface area contributed by atoms with E-state index in [1.165, 1.54) is 39.9 Å². The largest absolute Gasteiger partial charge is 0.462 e. The zero-order valence-electron chi connectivity index (χ0n) is 21.3. The first kappa shape index (κ1) is 28.5. The summed E-state index contributed by atoms with van der Waals surface area (Å²) < 4.78 is 63.6. The predicted molar refractivity (Wildman–Crippen MR) is 144 cm³/mol. The highest BCUT2D eigenvalue weighted by Crippen LogP contribution is 2.38. The van der Waals surface area contributed by atoms with E-state index in [9.17, 15) is 26.4 Å². The molecule has 1 N–H and O–H groups in total. The number of nitrogens with zero attached hydrogens (tertiary/aromatic N) is 2. The molecule has 1 aromatic heterocycles. The molecule has 1 aliphatic carbocycles. The van der Waals surface area contributed by atoms with Crippen molar-refractivity contribution in [2.45, 2.75) is 37.5 Å². The summed E-state index contributed by atoms with van der Waals surface area (Å²) in [6.45, 7) is 2.42. The number of fused-ring (bicyclic) bond motifs is 1. The fourth-order valence-electron chi connectivity index (χ4n) is 4.49. The molecule has 0 saturated carbocycles. The Morgan fingerprint density at radius 2 is 1.74 bits per heavy atom. The maximum absolute atomic E-state index is 13.0. The van der Waals surface area contributed by atoms with Gasteiger partial charge in [-0.3, -0.25) is 9.10 Å². The van der Waals surface area contributed by atoms with Crippen molar-refractivity contribution in [1.82, 2.24) is 4.31 Å². The van der Waals surface area contributed by atoms with Crippen molar-refractivity contribution < 1.29 is 35.9 Å². The Kier molecular flexibility index (Phi) is 8.77. The number of amides is 1. The first-order chi connectivity index (χ1) is 18.0. The van der Waals surface area contributed by atoms with E-state index in [4.69, 9.17) is 9.47 Å². The van der Waals surface area contributed by atoms with Gasteiger partial charge in [0.2, 0.25) is 26.0 Å². The minimum absolute atomic E-state index is 0.0179. The molecule has 1 fully saturated rings. The third-order valence-corrected chi connectivity index (χ3v) is 10.6. The smallest absolute Gasteiger partial charge is 0.341 e. The zero-order chi connectivity index (χ0) is 27.5. The van der Waals surface area contributed by atoms with Gasteiger partial charge in [0.1, 0.15) is 11.5 Å². The van der Waals surface area contributed by atoms with E-state index in [2.05, 4.69) is 5.32 Å². The van der Waals surface area contributed by atoms with Gasteiger partial charge in [-0.2, -0.15) is 4.31 Å². The van der Waals surface area contributed by atoms with E-state index >= 15 is 0 Å². The Morgan fingerprint density at radius 3 is 2.37 bits per heavy atom. The molecule has 38 heavy (non-hydrogen) atoms. The fraction of sp³-hybridized carbons (Fsp3) is 0.500. The van der Waals surface area contributed by atoms with Crippen molar-refractivity contribution >= 4 is 53.9 Å². The van der Waals surface area contributed by atoms with E-state index in [0.29, 0.717) is 30.2 Å². The normalized spacial score (nSPS) is 16.5. The van der Waals surface area contributed by atoms with Gasteiger partial charge in [0.15, 0.2) is 0 Å². The Hall–Kier alpha value is -2.52. The second-order valence-electron chi connectivity index (χ2n) is 8.96. The molecule has 11 nitrogen and oxygen atoms in total. The maximum atomic E-state index is 13.0. The quantitative estimate of drug-likeness (QED) is 0.442. The third-order valence-electron chi connectivity index (χ3n) is 6.32. The van der Waals surface area contributed by atoms with Crippen LogP contribution < -0.4 is 9.62 Å². The van der Waals surface area contributed by atoms with Crippen LogP contribution in [0.25, 0.3) is 0 Å². The minimum atomic E-state index is -3.90. The third kappa shape index (κ3) is 6.20. The topological polar surface area (TPSA) is 139 Å². The highest BCUT2D eigenvalue weighted by molar-refractivity contribution is 7.92. The van der Waals surface area contributed by atoms with Crippen LogP contribution in [0.3, 0.4) is 0 Å². The van der Waals surface area contributed by atoms with Crippen LogP contribution in [0.4, 0.5) is 10.7 Å². The number of morpholine rings is 1. The van der Waals surface area contributed by atoms with Crippen molar-refractivity contribution in [1.29, 1.82) is 0 Å². The van der Waals surface area contributed by atoms with E-state index in [-0.39, 0.29) is 30.3 Å². The summed E-state index contributed by atoms with van der Waals surface area (Å²) in [6, 6.07) is 5.36. The second-order valence-corrected chi connectivity index (χ2v) is 13.9. The first-order valence-corrected chi connectivity index (χ1v) is 16.4. The van der Waals surface area contributed by atoms with Gasteiger partial charge >= 0.3 is 5.97 Å². The lowest BCUT2D eigenvalue weighted by atomic mass is 9.95. The van der Waals surface area contributed by atoms with Crippen molar-refractivity contribution in [3.8, 4) is 0 Å². The van der Waals surface area contributed by atoms with Crippen LogP contribution >= 0.6 is 11.3 Å². The number of anilines is 2. The molecule has 1 aromatic carbocycles. The molecule has 2 aromatic rings. The molecular weight excluding hydrogens is 554 g/mol. The number of thiophene rings is 1. The Bertz CT molecular complexity index is 1400. The standard InChI is InChI=1S/C24H31N3O8S3/c1-3-35-24(29)22-19-6-4-5-7-20(19)36-23(22)25-21(28)16-27(37(2,30)31)17-8-10-18(11-9-17)38(32,33)26-12-14-34-15-13-26/h8-11H,3-7,12-16H2,1-2H3,(H,25,28). The number of ether oxygens (including phenoxy) is 2. The number of rotatable bonds is 9. The number of carbonyl (C=O) groups is 2. The first-order valence-electron chi connectivity index (χ1n) is 12.3. The molecule has 0 spiro atoms. The van der Waals surface area contributed by atoms with Crippen LogP contribution in [0.1, 0.15) is 40.6 Å². The van der Waals surface area contributed by atoms with Crippen LogP contribution in [0, 0.1) is 0 Å². The zero-order valence-corrected chi connectivity index (χ0v) is 23.7. The van der Waals surface area contributed by atoms with Gasteiger partial charge in [-0.15, -0.1) is 11.3 Å². The van der Waals surface area contributed by atoms with Crippen molar-refractivity contribution in [3.05, 3.63) is 40.3 Å².